The van der Waals surface area contributed by atoms with Gasteiger partial charge in [-0.25, -0.2) is 9.37 Å². The van der Waals surface area contributed by atoms with Gasteiger partial charge in [0.15, 0.2) is 11.6 Å². The number of nitrogens with zero attached hydrogens (tertiary/aromatic N) is 3. The number of nitrogens with two attached hydrogens (primary N) is 1. The summed E-state index contributed by atoms with van der Waals surface area (Å²) in [6, 6.07) is 1.90. The number of hydrogen-bond acceptors (Lipinski definition) is 4. The lowest BCUT2D eigenvalue weighted by molar-refractivity contribution is 0.0149. The molecule has 0 bridgehead atoms. The minimum Gasteiger partial charge on any atom is -0.381 e. The lowest BCUT2D eigenvalue weighted by atomic mass is 9.96. The van der Waals surface area contributed by atoms with Crippen LogP contribution in [0.4, 0.5) is 10.2 Å². The Morgan fingerprint density at radius 3 is 3.05 bits per heavy atom. The molecule has 1 aromatic rings. The van der Waals surface area contributed by atoms with E-state index in [4.69, 9.17) is 5.73 Å². The fourth-order valence-corrected chi connectivity index (χ4v) is 3.41. The number of rotatable bonds is 1. The third-order valence-corrected chi connectivity index (χ3v) is 4.59. The highest BCUT2D eigenvalue weighted by atomic mass is 19.1. The van der Waals surface area contributed by atoms with Gasteiger partial charge in [-0.15, -0.1) is 0 Å². The molecule has 0 saturated carbocycles. The molecular weight excluding hydrogens is 271 g/mol. The molecule has 2 unspecified atom stereocenters. The van der Waals surface area contributed by atoms with Crippen molar-refractivity contribution in [2.75, 3.05) is 25.4 Å². The van der Waals surface area contributed by atoms with Gasteiger partial charge in [0.2, 0.25) is 0 Å². The monoisotopic (exact) mass is 292 g/mol. The van der Waals surface area contributed by atoms with Crippen LogP contribution in [0, 0.1) is 5.82 Å². The zero-order chi connectivity index (χ0) is 15.0. The number of piperazine rings is 1. The molecule has 2 saturated heterocycles. The summed E-state index contributed by atoms with van der Waals surface area (Å²) in [7, 11) is 0. The van der Waals surface area contributed by atoms with Gasteiger partial charge in [-0.3, -0.25) is 9.69 Å². The van der Waals surface area contributed by atoms with Gasteiger partial charge in [-0.1, -0.05) is 6.42 Å². The van der Waals surface area contributed by atoms with Crippen LogP contribution < -0.4 is 5.73 Å². The Hall–Kier alpha value is -1.69. The second kappa shape index (κ2) is 5.60. The van der Waals surface area contributed by atoms with Gasteiger partial charge in [-0.2, -0.15) is 0 Å². The Morgan fingerprint density at radius 1 is 1.43 bits per heavy atom. The van der Waals surface area contributed by atoms with Crippen LogP contribution in [-0.2, 0) is 0 Å². The Bertz CT molecular complexity index is 550. The molecule has 21 heavy (non-hydrogen) atoms. The van der Waals surface area contributed by atoms with Gasteiger partial charge in [0.25, 0.3) is 5.91 Å². The molecule has 3 heterocycles. The van der Waals surface area contributed by atoms with Crippen molar-refractivity contribution in [3.63, 3.8) is 0 Å². The number of amides is 1. The first-order valence-electron chi connectivity index (χ1n) is 7.53. The van der Waals surface area contributed by atoms with Crippen molar-refractivity contribution in [3.05, 3.63) is 23.6 Å². The smallest absolute Gasteiger partial charge is 0.257 e. The number of aromatic nitrogens is 1. The summed E-state index contributed by atoms with van der Waals surface area (Å²) < 4.78 is 14.0. The molecule has 2 N–H and O–H groups in total. The number of halogens is 1. The minimum atomic E-state index is -0.708. The van der Waals surface area contributed by atoms with E-state index in [2.05, 4.69) is 9.88 Å². The van der Waals surface area contributed by atoms with E-state index in [0.717, 1.165) is 19.5 Å². The maximum atomic E-state index is 14.0. The molecule has 2 aliphatic rings. The molecule has 114 valence electrons. The first-order valence-corrected chi connectivity index (χ1v) is 7.53. The number of pyridine rings is 1. The van der Waals surface area contributed by atoms with Crippen LogP contribution in [0.25, 0.3) is 0 Å². The number of piperidine rings is 1. The van der Waals surface area contributed by atoms with Gasteiger partial charge in [0.05, 0.1) is 5.56 Å². The number of hydrogen-bond donors (Lipinski definition) is 1. The van der Waals surface area contributed by atoms with Gasteiger partial charge >= 0.3 is 0 Å². The normalized spacial score (nSPS) is 26.5. The topological polar surface area (TPSA) is 62.5 Å². The van der Waals surface area contributed by atoms with Crippen LogP contribution in [0.3, 0.4) is 0 Å². The second-order valence-corrected chi connectivity index (χ2v) is 6.01. The summed E-state index contributed by atoms with van der Waals surface area (Å²) in [5, 5.41) is 0. The van der Waals surface area contributed by atoms with Crippen LogP contribution >= 0.6 is 0 Å². The third kappa shape index (κ3) is 2.60. The van der Waals surface area contributed by atoms with E-state index in [1.165, 1.54) is 25.1 Å². The molecule has 5 nitrogen and oxygen atoms in total. The maximum Gasteiger partial charge on any atom is 0.257 e. The van der Waals surface area contributed by atoms with Gasteiger partial charge in [-0.05, 0) is 32.4 Å². The van der Waals surface area contributed by atoms with Crippen LogP contribution in [0.1, 0.15) is 36.5 Å². The Balaban J connectivity index is 1.82. The molecule has 1 amide bonds. The largest absolute Gasteiger partial charge is 0.381 e. The lowest BCUT2D eigenvalue weighted by Crippen LogP contribution is -2.60. The van der Waals surface area contributed by atoms with Crippen molar-refractivity contribution in [2.24, 2.45) is 0 Å². The lowest BCUT2D eigenvalue weighted by Gasteiger charge is -2.47. The van der Waals surface area contributed by atoms with Crippen molar-refractivity contribution in [3.8, 4) is 0 Å². The molecule has 1 aromatic heterocycles. The summed E-state index contributed by atoms with van der Waals surface area (Å²) in [5.41, 5.74) is 5.49. The quantitative estimate of drug-likeness (QED) is 0.852. The standard InChI is InChI=1S/C15H21FN4O/c1-10-8-19-7-3-2-4-11(19)9-20(10)15(21)12-5-6-18-14(17)13(12)16/h5-6,10-11H,2-4,7-9H2,1H3,(H2,17,18). The third-order valence-electron chi connectivity index (χ3n) is 4.59. The highest BCUT2D eigenvalue weighted by Gasteiger charge is 2.36. The first-order chi connectivity index (χ1) is 10.1. The predicted octanol–water partition coefficient (Wildman–Crippen LogP) is 1.50. The fraction of sp³-hybridized carbons (Fsp3) is 0.600. The number of carbonyl (C=O) groups is 1. The second-order valence-electron chi connectivity index (χ2n) is 6.01. The zero-order valence-corrected chi connectivity index (χ0v) is 12.3. The van der Waals surface area contributed by atoms with Crippen molar-refractivity contribution in [1.82, 2.24) is 14.8 Å². The van der Waals surface area contributed by atoms with E-state index in [1.807, 2.05) is 6.92 Å². The van der Waals surface area contributed by atoms with E-state index in [-0.39, 0.29) is 23.3 Å². The molecule has 0 aliphatic carbocycles. The molecular formula is C15H21FN4O. The van der Waals surface area contributed by atoms with Crippen molar-refractivity contribution >= 4 is 11.7 Å². The van der Waals surface area contributed by atoms with E-state index in [0.29, 0.717) is 12.6 Å². The molecule has 0 spiro atoms. The summed E-state index contributed by atoms with van der Waals surface area (Å²) in [6.07, 6.45) is 4.92. The minimum absolute atomic E-state index is 0.0265. The fourth-order valence-electron chi connectivity index (χ4n) is 3.41. The summed E-state index contributed by atoms with van der Waals surface area (Å²) in [5.74, 6) is -1.20. The van der Waals surface area contributed by atoms with Crippen LogP contribution in [0.2, 0.25) is 0 Å². The Morgan fingerprint density at radius 2 is 2.24 bits per heavy atom. The Kier molecular flexibility index (Phi) is 3.80. The van der Waals surface area contributed by atoms with Crippen LogP contribution in [0.5, 0.6) is 0 Å². The number of carbonyl (C=O) groups excluding carboxylic acids is 1. The molecule has 3 rings (SSSR count). The predicted molar refractivity (Wildman–Crippen MR) is 78.3 cm³/mol. The van der Waals surface area contributed by atoms with E-state index in [9.17, 15) is 9.18 Å². The molecule has 2 fully saturated rings. The van der Waals surface area contributed by atoms with Gasteiger partial charge in [0.1, 0.15) is 0 Å². The van der Waals surface area contributed by atoms with E-state index >= 15 is 0 Å². The summed E-state index contributed by atoms with van der Waals surface area (Å²) in [6.45, 7) is 4.65. The summed E-state index contributed by atoms with van der Waals surface area (Å²) in [4.78, 5) is 20.6. The van der Waals surface area contributed by atoms with Crippen LogP contribution in [0.15, 0.2) is 12.3 Å². The Labute approximate surface area is 123 Å². The molecule has 2 aliphatic heterocycles. The average Bonchev–Trinajstić information content (AvgIpc) is 2.48. The molecule has 0 aromatic carbocycles. The number of anilines is 1. The van der Waals surface area contributed by atoms with Gasteiger partial charge in [0, 0.05) is 31.4 Å². The highest BCUT2D eigenvalue weighted by Crippen LogP contribution is 2.26. The van der Waals surface area contributed by atoms with Crippen LogP contribution in [-0.4, -0.2) is 52.4 Å². The SMILES string of the molecule is CC1CN2CCCCC2CN1C(=O)c1ccnc(N)c1F. The van der Waals surface area contributed by atoms with Crippen molar-refractivity contribution in [2.45, 2.75) is 38.3 Å². The molecule has 0 radical (unpaired) electrons. The summed E-state index contributed by atoms with van der Waals surface area (Å²) >= 11 is 0. The molecule has 2 atom stereocenters. The first kappa shape index (κ1) is 14.3. The average molecular weight is 292 g/mol. The number of fused-ring (bicyclic) bond motifs is 1. The van der Waals surface area contributed by atoms with Gasteiger partial charge < -0.3 is 10.6 Å². The zero-order valence-electron chi connectivity index (χ0n) is 12.3. The number of nitrogen functional groups attached to an aromatic ring is 1. The highest BCUT2D eigenvalue weighted by molar-refractivity contribution is 5.95. The van der Waals surface area contributed by atoms with Crippen molar-refractivity contribution < 1.29 is 9.18 Å². The van der Waals surface area contributed by atoms with E-state index < -0.39 is 5.82 Å². The van der Waals surface area contributed by atoms with E-state index in [1.54, 1.807) is 4.90 Å². The maximum absolute atomic E-state index is 14.0. The van der Waals surface area contributed by atoms with Crippen molar-refractivity contribution in [1.29, 1.82) is 0 Å². The molecule has 6 heteroatoms.